The molecule has 0 aliphatic rings. The van der Waals surface area contributed by atoms with Crippen molar-refractivity contribution in [1.29, 1.82) is 0 Å². The number of allylic oxidation sites excluding steroid dienone is 1. The topological polar surface area (TPSA) is 0 Å². The molecule has 0 aliphatic heterocycles. The van der Waals surface area contributed by atoms with E-state index in [4.69, 9.17) is 0 Å². The number of hydrogen-bond donors (Lipinski definition) is 0. The molecule has 0 aliphatic carbocycles. The van der Waals surface area contributed by atoms with Crippen molar-refractivity contribution in [3.05, 3.63) is 9.66 Å². The molecule has 0 saturated carbocycles. The van der Waals surface area contributed by atoms with Gasteiger partial charge < -0.3 is 0 Å². The summed E-state index contributed by atoms with van der Waals surface area (Å²) in [6.45, 7) is 2.06. The molecule has 0 unspecified atom stereocenters. The minimum absolute atomic E-state index is 0.735. The van der Waals surface area contributed by atoms with Crippen LogP contribution in [0.15, 0.2) is 9.66 Å². The van der Waals surface area contributed by atoms with Crippen LogP contribution in [0.1, 0.15) is 6.92 Å². The van der Waals surface area contributed by atoms with Crippen molar-refractivity contribution in [2.24, 2.45) is 0 Å². The summed E-state index contributed by atoms with van der Waals surface area (Å²) in [5, 5.41) is 0. The fourth-order valence-electron chi connectivity index (χ4n) is 0. The predicted octanol–water partition coefficient (Wildman–Crippen LogP) is 0.799. The van der Waals surface area contributed by atoms with Crippen molar-refractivity contribution in [3.8, 4) is 0 Å². The Labute approximate surface area is 42.9 Å². The Morgan fingerprint density at radius 1 is 1.75 bits per heavy atom. The van der Waals surface area contributed by atoms with Gasteiger partial charge in [0.15, 0.2) is 0 Å². The van der Waals surface area contributed by atoms with Gasteiger partial charge >= 0.3 is 42.7 Å². The molecule has 0 N–H and O–H groups in total. The molecule has 0 saturated heterocycles. The van der Waals surface area contributed by atoms with Crippen LogP contribution < -0.4 is 0 Å². The first-order valence-corrected chi connectivity index (χ1v) is 5.98. The normalized spacial score (nSPS) is 9.00. The van der Waals surface area contributed by atoms with E-state index in [0.29, 0.717) is 0 Å². The van der Waals surface area contributed by atoms with Gasteiger partial charge in [-0.25, -0.2) is 0 Å². The van der Waals surface area contributed by atoms with Crippen molar-refractivity contribution < 1.29 is 26.1 Å². The Morgan fingerprint density at radius 3 is 2.00 bits per heavy atom. The Morgan fingerprint density at radius 2 is 2.00 bits per heavy atom. The van der Waals surface area contributed by atoms with Crippen LogP contribution >= 0.6 is 0 Å². The van der Waals surface area contributed by atoms with Gasteiger partial charge in [-0.15, -0.1) is 0 Å². The summed E-state index contributed by atoms with van der Waals surface area (Å²) in [6, 6.07) is 0. The molecule has 0 aromatic heterocycles. The molecule has 0 amide bonds. The molecule has 0 heterocycles. The first kappa shape index (κ1) is 4.68. The summed E-state index contributed by atoms with van der Waals surface area (Å²) >= 11 is 0.735. The molecule has 20 valence electrons. The van der Waals surface area contributed by atoms with Crippen molar-refractivity contribution in [3.63, 3.8) is 0 Å². The van der Waals surface area contributed by atoms with Crippen LogP contribution in [0.2, 0.25) is 0 Å². The van der Waals surface area contributed by atoms with Crippen molar-refractivity contribution in [1.82, 2.24) is 0 Å². The SMILES string of the molecule is C/C=[CH]/[HgH]. The molecular weight excluding hydrogens is 237 g/mol. The van der Waals surface area contributed by atoms with Crippen molar-refractivity contribution >= 4 is 0 Å². The first-order chi connectivity index (χ1) is 1.91. The predicted molar refractivity (Wildman–Crippen MR) is 16.2 cm³/mol. The minimum atomic E-state index is 0.735. The standard InChI is InChI=1S/C3H5.Hg.H/c1-3-2;;/h1,3H,2H3;;. The van der Waals surface area contributed by atoms with E-state index >= 15 is 0 Å². The molecule has 0 aromatic rings. The Kier molecular flexibility index (Phi) is 4.30. The van der Waals surface area contributed by atoms with Gasteiger partial charge in [-0.05, 0) is 0 Å². The van der Waals surface area contributed by atoms with Gasteiger partial charge in [-0.3, -0.25) is 0 Å². The van der Waals surface area contributed by atoms with E-state index < -0.39 is 0 Å². The van der Waals surface area contributed by atoms with E-state index in [1.807, 2.05) is 0 Å². The first-order valence-electron chi connectivity index (χ1n) is 1.49. The van der Waals surface area contributed by atoms with Crippen LogP contribution in [0, 0.1) is 0 Å². The molecule has 0 bridgehead atoms. The van der Waals surface area contributed by atoms with Gasteiger partial charge in [0.2, 0.25) is 0 Å². The summed E-state index contributed by atoms with van der Waals surface area (Å²) in [5.74, 6) is 0. The second-order valence-electron chi connectivity index (χ2n) is 0.667. The Hall–Kier alpha value is 0.675. The van der Waals surface area contributed by atoms with E-state index in [0.717, 1.165) is 26.1 Å². The summed E-state index contributed by atoms with van der Waals surface area (Å²) in [4.78, 5) is 0. The molecule has 0 radical (unpaired) electrons. The van der Waals surface area contributed by atoms with Gasteiger partial charge in [-0.2, -0.15) is 0 Å². The maximum atomic E-state index is 2.22. The number of rotatable bonds is 0. The molecule has 0 nitrogen and oxygen atoms in total. The summed E-state index contributed by atoms with van der Waals surface area (Å²) in [7, 11) is 0. The van der Waals surface area contributed by atoms with E-state index in [9.17, 15) is 0 Å². The maximum absolute atomic E-state index is 2.22. The van der Waals surface area contributed by atoms with Crippen LogP contribution in [0.25, 0.3) is 0 Å². The van der Waals surface area contributed by atoms with Gasteiger partial charge in [0, 0.05) is 0 Å². The third-order valence-corrected chi connectivity index (χ3v) is 2.92. The summed E-state index contributed by atoms with van der Waals surface area (Å²) in [5.41, 5.74) is 0. The quantitative estimate of drug-likeness (QED) is 0.552. The monoisotopic (exact) mass is 244 g/mol. The van der Waals surface area contributed by atoms with Gasteiger partial charge in [0.1, 0.15) is 0 Å². The Bertz CT molecular complexity index is 18.5. The molecule has 0 atom stereocenters. The molecule has 0 aromatic carbocycles. The number of hydrogen-bond acceptors (Lipinski definition) is 0. The third-order valence-electron chi connectivity index (χ3n) is 0.333. The summed E-state index contributed by atoms with van der Waals surface area (Å²) < 4.78 is 2.22. The molecule has 0 rings (SSSR count). The average molecular weight is 243 g/mol. The fourth-order valence-corrected chi connectivity index (χ4v) is 0. The van der Waals surface area contributed by atoms with E-state index in [2.05, 4.69) is 16.6 Å². The van der Waals surface area contributed by atoms with Crippen LogP contribution in [0.4, 0.5) is 0 Å². The van der Waals surface area contributed by atoms with E-state index in [1.54, 1.807) is 0 Å². The zero-order valence-electron chi connectivity index (χ0n) is 3.15. The van der Waals surface area contributed by atoms with Crippen LogP contribution in [0.5, 0.6) is 0 Å². The van der Waals surface area contributed by atoms with Crippen molar-refractivity contribution in [2.45, 2.75) is 6.92 Å². The van der Waals surface area contributed by atoms with Gasteiger partial charge in [-0.1, -0.05) is 0 Å². The van der Waals surface area contributed by atoms with E-state index in [-0.39, 0.29) is 0 Å². The molecular formula is C3H6Hg. The van der Waals surface area contributed by atoms with Gasteiger partial charge in [0.25, 0.3) is 0 Å². The second kappa shape index (κ2) is 3.68. The fraction of sp³-hybridized carbons (Fsp3) is 0.333. The second-order valence-corrected chi connectivity index (χ2v) is 3.26. The molecule has 0 spiro atoms. The van der Waals surface area contributed by atoms with Gasteiger partial charge in [0.05, 0.1) is 0 Å². The zero-order chi connectivity index (χ0) is 3.41. The average Bonchev–Trinajstić information content (AvgIpc) is 1.37. The van der Waals surface area contributed by atoms with Crippen LogP contribution in [0.3, 0.4) is 0 Å². The third kappa shape index (κ3) is 2.68. The zero-order valence-corrected chi connectivity index (χ0v) is 10.9. The molecule has 1 heteroatoms. The Balaban J connectivity index is 2.55. The van der Waals surface area contributed by atoms with Crippen LogP contribution in [-0.4, -0.2) is 0 Å². The van der Waals surface area contributed by atoms with E-state index in [1.165, 1.54) is 0 Å². The van der Waals surface area contributed by atoms with Crippen LogP contribution in [-0.2, 0) is 26.1 Å². The molecule has 0 fully saturated rings. The summed E-state index contributed by atoms with van der Waals surface area (Å²) in [6.07, 6.45) is 2.10. The molecule has 4 heavy (non-hydrogen) atoms. The van der Waals surface area contributed by atoms with Crippen molar-refractivity contribution in [2.75, 3.05) is 0 Å².